The smallest absolute Gasteiger partial charge is 0.321 e. The molecule has 2 N–H and O–H groups in total. The van der Waals surface area contributed by atoms with Crippen molar-refractivity contribution in [1.82, 2.24) is 15.5 Å². The maximum absolute atomic E-state index is 13.1. The first kappa shape index (κ1) is 18.8. The van der Waals surface area contributed by atoms with Crippen molar-refractivity contribution in [3.05, 3.63) is 35.6 Å². The van der Waals surface area contributed by atoms with Gasteiger partial charge in [0, 0.05) is 12.1 Å². The number of nitrogens with zero attached hydrogens (tertiary/aromatic N) is 1. The van der Waals surface area contributed by atoms with Crippen molar-refractivity contribution in [3.63, 3.8) is 0 Å². The Labute approximate surface area is 151 Å². The lowest BCUT2D eigenvalue weighted by molar-refractivity contribution is -0.121. The Balaban J connectivity index is 1.50. The van der Waals surface area contributed by atoms with Crippen LogP contribution >= 0.6 is 0 Å². The van der Waals surface area contributed by atoms with E-state index in [0.29, 0.717) is 6.42 Å². The third kappa shape index (κ3) is 4.79. The number of halogens is 1. The number of rotatable bonds is 4. The molecular formula is C17H22FN3O4S. The number of carbonyl (C=O) groups excluding carboxylic acids is 2. The Bertz CT molecular complexity index is 782. The molecule has 3 amide bonds. The molecule has 2 heterocycles. The molecule has 142 valence electrons. The number of carbonyl (C=O) groups is 2. The van der Waals surface area contributed by atoms with Crippen LogP contribution in [0.4, 0.5) is 9.18 Å². The number of hydrogen-bond acceptors (Lipinski definition) is 5. The molecule has 2 atom stereocenters. The average molecular weight is 383 g/mol. The molecule has 0 bridgehead atoms. The van der Waals surface area contributed by atoms with Gasteiger partial charge >= 0.3 is 6.03 Å². The summed E-state index contributed by atoms with van der Waals surface area (Å²) in [6.07, 6.45) is 2.15. The maximum Gasteiger partial charge on any atom is 0.321 e. The molecule has 0 spiro atoms. The van der Waals surface area contributed by atoms with Gasteiger partial charge in [-0.05, 0) is 43.5 Å². The predicted octanol–water partition coefficient (Wildman–Crippen LogP) is 0.976. The molecule has 1 aromatic carbocycles. The van der Waals surface area contributed by atoms with Crippen LogP contribution in [0.3, 0.4) is 0 Å². The Kier molecular flexibility index (Phi) is 5.57. The van der Waals surface area contributed by atoms with Crippen molar-refractivity contribution in [2.45, 2.75) is 31.3 Å². The number of nitrogens with one attached hydrogen (secondary N) is 2. The second kappa shape index (κ2) is 7.71. The number of likely N-dealkylation sites (tertiary alicyclic amines) is 1. The lowest BCUT2D eigenvalue weighted by Crippen LogP contribution is -2.47. The van der Waals surface area contributed by atoms with Gasteiger partial charge in [-0.1, -0.05) is 12.1 Å². The van der Waals surface area contributed by atoms with Crippen LogP contribution in [-0.2, 0) is 14.6 Å². The SMILES string of the molecule is O=C(CN1CCC[C@@H]1c1ccc(F)cc1)NC(=O)N[C@H]1CCS(=O)(=O)C1. The normalized spacial score (nSPS) is 25.1. The zero-order chi connectivity index (χ0) is 18.7. The minimum atomic E-state index is -3.09. The quantitative estimate of drug-likeness (QED) is 0.808. The second-order valence-electron chi connectivity index (χ2n) is 6.80. The first-order valence-electron chi connectivity index (χ1n) is 8.63. The maximum atomic E-state index is 13.1. The first-order chi connectivity index (χ1) is 12.3. The largest absolute Gasteiger partial charge is 0.334 e. The summed E-state index contributed by atoms with van der Waals surface area (Å²) in [6.45, 7) is 0.774. The summed E-state index contributed by atoms with van der Waals surface area (Å²) in [6, 6.07) is 5.11. The monoisotopic (exact) mass is 383 g/mol. The van der Waals surface area contributed by atoms with E-state index < -0.39 is 27.8 Å². The highest BCUT2D eigenvalue weighted by Crippen LogP contribution is 2.31. The molecule has 2 saturated heterocycles. The number of imide groups is 1. The third-order valence-corrected chi connectivity index (χ3v) is 6.55. The van der Waals surface area contributed by atoms with E-state index >= 15 is 0 Å². The summed E-state index contributed by atoms with van der Waals surface area (Å²) in [5.41, 5.74) is 0.942. The van der Waals surface area contributed by atoms with Crippen molar-refractivity contribution in [3.8, 4) is 0 Å². The zero-order valence-corrected chi connectivity index (χ0v) is 15.1. The molecule has 9 heteroatoms. The number of sulfone groups is 1. The van der Waals surface area contributed by atoms with E-state index in [1.165, 1.54) is 12.1 Å². The Morgan fingerprint density at radius 1 is 1.19 bits per heavy atom. The lowest BCUT2D eigenvalue weighted by atomic mass is 10.0. The summed E-state index contributed by atoms with van der Waals surface area (Å²) >= 11 is 0. The van der Waals surface area contributed by atoms with Crippen molar-refractivity contribution in [1.29, 1.82) is 0 Å². The molecule has 0 radical (unpaired) electrons. The highest BCUT2D eigenvalue weighted by Gasteiger charge is 2.30. The summed E-state index contributed by atoms with van der Waals surface area (Å²) < 4.78 is 35.9. The van der Waals surface area contributed by atoms with E-state index in [0.717, 1.165) is 24.9 Å². The van der Waals surface area contributed by atoms with E-state index in [-0.39, 0.29) is 29.9 Å². The summed E-state index contributed by atoms with van der Waals surface area (Å²) in [7, 11) is -3.09. The summed E-state index contributed by atoms with van der Waals surface area (Å²) in [5.74, 6) is -0.786. The molecule has 3 rings (SSSR count). The molecule has 26 heavy (non-hydrogen) atoms. The van der Waals surface area contributed by atoms with E-state index in [2.05, 4.69) is 10.6 Å². The van der Waals surface area contributed by atoms with Crippen LogP contribution in [0.25, 0.3) is 0 Å². The Morgan fingerprint density at radius 3 is 2.58 bits per heavy atom. The molecule has 2 aliphatic heterocycles. The van der Waals surface area contributed by atoms with Crippen molar-refractivity contribution >= 4 is 21.8 Å². The van der Waals surface area contributed by atoms with E-state index in [9.17, 15) is 22.4 Å². The van der Waals surface area contributed by atoms with Crippen molar-refractivity contribution < 1.29 is 22.4 Å². The van der Waals surface area contributed by atoms with E-state index in [1.807, 2.05) is 4.90 Å². The van der Waals surface area contributed by atoms with Crippen LogP contribution in [-0.4, -0.2) is 55.9 Å². The molecule has 0 saturated carbocycles. The number of hydrogen-bond donors (Lipinski definition) is 2. The van der Waals surface area contributed by atoms with Crippen molar-refractivity contribution in [2.24, 2.45) is 0 Å². The van der Waals surface area contributed by atoms with Crippen LogP contribution in [0.5, 0.6) is 0 Å². The Hall–Kier alpha value is -2.00. The van der Waals surface area contributed by atoms with Gasteiger partial charge in [0.05, 0.1) is 18.1 Å². The van der Waals surface area contributed by atoms with Crippen LogP contribution in [0.15, 0.2) is 24.3 Å². The summed E-state index contributed by atoms with van der Waals surface area (Å²) in [5, 5.41) is 4.79. The van der Waals surface area contributed by atoms with Crippen LogP contribution in [0.2, 0.25) is 0 Å². The Morgan fingerprint density at radius 2 is 1.92 bits per heavy atom. The van der Waals surface area contributed by atoms with Gasteiger partial charge in [-0.25, -0.2) is 17.6 Å². The van der Waals surface area contributed by atoms with Gasteiger partial charge in [0.1, 0.15) is 5.82 Å². The minimum Gasteiger partial charge on any atom is -0.334 e. The van der Waals surface area contributed by atoms with Gasteiger partial charge < -0.3 is 5.32 Å². The van der Waals surface area contributed by atoms with Crippen LogP contribution < -0.4 is 10.6 Å². The fourth-order valence-electron chi connectivity index (χ4n) is 3.56. The fraction of sp³-hybridized carbons (Fsp3) is 0.529. The first-order valence-corrected chi connectivity index (χ1v) is 10.4. The third-order valence-electron chi connectivity index (χ3n) is 4.79. The standard InChI is InChI=1S/C17H22FN3O4S/c18-13-5-3-12(4-6-13)15-2-1-8-21(15)10-16(22)20-17(23)19-14-7-9-26(24,25)11-14/h3-6,14-15H,1-2,7-11H2,(H2,19,20,22,23)/t14-,15+/m0/s1. The van der Waals surface area contributed by atoms with Crippen LogP contribution in [0.1, 0.15) is 30.9 Å². The van der Waals surface area contributed by atoms with Crippen LogP contribution in [0, 0.1) is 5.82 Å². The molecule has 7 nitrogen and oxygen atoms in total. The van der Waals surface area contributed by atoms with Gasteiger partial charge in [0.25, 0.3) is 0 Å². The molecule has 2 fully saturated rings. The lowest BCUT2D eigenvalue weighted by Gasteiger charge is -2.24. The number of benzene rings is 1. The number of urea groups is 1. The second-order valence-corrected chi connectivity index (χ2v) is 9.03. The van der Waals surface area contributed by atoms with E-state index in [1.54, 1.807) is 12.1 Å². The molecule has 0 aromatic heterocycles. The summed E-state index contributed by atoms with van der Waals surface area (Å²) in [4.78, 5) is 26.0. The highest BCUT2D eigenvalue weighted by atomic mass is 32.2. The topological polar surface area (TPSA) is 95.6 Å². The fourth-order valence-corrected chi connectivity index (χ4v) is 5.23. The zero-order valence-electron chi connectivity index (χ0n) is 14.3. The van der Waals surface area contributed by atoms with Crippen molar-refractivity contribution in [2.75, 3.05) is 24.6 Å². The average Bonchev–Trinajstić information content (AvgIpc) is 3.14. The van der Waals surface area contributed by atoms with Gasteiger partial charge in [0.15, 0.2) is 9.84 Å². The van der Waals surface area contributed by atoms with Gasteiger partial charge in [-0.15, -0.1) is 0 Å². The number of amides is 3. The van der Waals surface area contributed by atoms with Gasteiger partial charge in [0.2, 0.25) is 5.91 Å². The molecule has 2 aliphatic rings. The molecule has 0 aliphatic carbocycles. The predicted molar refractivity (Wildman–Crippen MR) is 93.7 cm³/mol. The van der Waals surface area contributed by atoms with Gasteiger partial charge in [-0.3, -0.25) is 15.0 Å². The van der Waals surface area contributed by atoms with Gasteiger partial charge in [-0.2, -0.15) is 0 Å². The minimum absolute atomic E-state index is 0.0180. The molecular weight excluding hydrogens is 361 g/mol. The molecule has 1 aromatic rings. The molecule has 0 unspecified atom stereocenters. The van der Waals surface area contributed by atoms with E-state index in [4.69, 9.17) is 0 Å². The highest BCUT2D eigenvalue weighted by molar-refractivity contribution is 7.91.